The second kappa shape index (κ2) is 4.70. The highest BCUT2D eigenvalue weighted by Gasteiger charge is 2.14. The molecule has 1 saturated heterocycles. The van der Waals surface area contributed by atoms with E-state index in [4.69, 9.17) is 4.84 Å². The van der Waals surface area contributed by atoms with Crippen LogP contribution in [-0.4, -0.2) is 49.3 Å². The molecule has 3 heteroatoms. The highest BCUT2D eigenvalue weighted by atomic mass is 16.7. The highest BCUT2D eigenvalue weighted by Crippen LogP contribution is 2.00. The lowest BCUT2D eigenvalue weighted by Crippen LogP contribution is -2.45. The summed E-state index contributed by atoms with van der Waals surface area (Å²) < 4.78 is 0. The van der Waals surface area contributed by atoms with Crippen LogP contribution >= 0.6 is 0 Å². The molecule has 0 bridgehead atoms. The average Bonchev–Trinajstić information content (AvgIpc) is 2.07. The summed E-state index contributed by atoms with van der Waals surface area (Å²) >= 11 is 0. The number of piperazine rings is 1. The Kier molecular flexibility index (Phi) is 3.83. The maximum Gasteiger partial charge on any atom is 0.0656 e. The number of nitrogens with zero attached hydrogens (tertiary/aromatic N) is 2. The second-order valence-electron chi connectivity index (χ2n) is 2.69. The fourth-order valence-electron chi connectivity index (χ4n) is 1.26. The molecule has 11 heavy (non-hydrogen) atoms. The van der Waals surface area contributed by atoms with Crippen molar-refractivity contribution in [3.8, 4) is 0 Å². The van der Waals surface area contributed by atoms with Crippen LogP contribution in [0, 0.1) is 6.92 Å². The Morgan fingerprint density at radius 1 is 1.27 bits per heavy atom. The monoisotopic (exact) mass is 157 g/mol. The molecule has 0 saturated carbocycles. The molecule has 0 spiro atoms. The largest absolute Gasteiger partial charge is 0.301 e. The topological polar surface area (TPSA) is 15.7 Å². The van der Waals surface area contributed by atoms with E-state index in [0.717, 1.165) is 39.3 Å². The van der Waals surface area contributed by atoms with Crippen LogP contribution in [0.3, 0.4) is 0 Å². The lowest BCUT2D eigenvalue weighted by Gasteiger charge is -2.32. The van der Waals surface area contributed by atoms with Gasteiger partial charge in [0.15, 0.2) is 0 Å². The Morgan fingerprint density at radius 2 is 1.91 bits per heavy atom. The minimum Gasteiger partial charge on any atom is -0.301 e. The summed E-state index contributed by atoms with van der Waals surface area (Å²) in [5.74, 6) is 0. The molecule has 3 nitrogen and oxygen atoms in total. The van der Waals surface area contributed by atoms with Gasteiger partial charge in [0, 0.05) is 26.2 Å². The van der Waals surface area contributed by atoms with Gasteiger partial charge in [-0.15, -0.1) is 0 Å². The van der Waals surface area contributed by atoms with Gasteiger partial charge in [0.2, 0.25) is 0 Å². The van der Waals surface area contributed by atoms with E-state index in [9.17, 15) is 0 Å². The Morgan fingerprint density at radius 3 is 2.36 bits per heavy atom. The summed E-state index contributed by atoms with van der Waals surface area (Å²) in [5, 5.41) is 2.03. The first kappa shape index (κ1) is 8.97. The Hall–Kier alpha value is -0.120. The molecule has 0 N–H and O–H groups in total. The quantitative estimate of drug-likeness (QED) is 0.589. The Balaban J connectivity index is 2.14. The van der Waals surface area contributed by atoms with Gasteiger partial charge in [0.1, 0.15) is 0 Å². The van der Waals surface area contributed by atoms with Crippen molar-refractivity contribution in [2.45, 2.75) is 6.92 Å². The molecule has 0 aromatic heterocycles. The standard InChI is InChI=1S/C8H17N2O/c1-3-9-5-7-10(8-6-9)11-4-2/h1,3-8H2,2H3. The highest BCUT2D eigenvalue weighted by molar-refractivity contribution is 4.67. The molecule has 1 fully saturated rings. The van der Waals surface area contributed by atoms with E-state index < -0.39 is 0 Å². The normalized spacial score (nSPS) is 22.4. The molecule has 0 aromatic rings. The van der Waals surface area contributed by atoms with Crippen LogP contribution in [0.4, 0.5) is 0 Å². The van der Waals surface area contributed by atoms with E-state index in [1.807, 2.05) is 12.0 Å². The molecule has 0 atom stereocenters. The van der Waals surface area contributed by atoms with Crippen molar-refractivity contribution < 1.29 is 4.84 Å². The van der Waals surface area contributed by atoms with Crippen molar-refractivity contribution in [3.63, 3.8) is 0 Å². The van der Waals surface area contributed by atoms with Gasteiger partial charge in [-0.05, 0) is 20.4 Å². The van der Waals surface area contributed by atoms with E-state index in [2.05, 4.69) is 11.8 Å². The molecule has 0 aromatic carbocycles. The molecular weight excluding hydrogens is 140 g/mol. The van der Waals surface area contributed by atoms with E-state index in [0.29, 0.717) is 0 Å². The van der Waals surface area contributed by atoms with Crippen LogP contribution in [0.2, 0.25) is 0 Å². The first-order valence-electron chi connectivity index (χ1n) is 4.26. The van der Waals surface area contributed by atoms with Gasteiger partial charge in [0.25, 0.3) is 0 Å². The molecule has 1 rings (SSSR count). The zero-order valence-electron chi connectivity index (χ0n) is 7.25. The summed E-state index contributed by atoms with van der Waals surface area (Å²) in [6.45, 7) is 11.8. The van der Waals surface area contributed by atoms with Crippen molar-refractivity contribution in [1.82, 2.24) is 9.96 Å². The molecule has 1 heterocycles. The van der Waals surface area contributed by atoms with E-state index in [1.54, 1.807) is 0 Å². The zero-order valence-corrected chi connectivity index (χ0v) is 7.25. The average molecular weight is 157 g/mol. The number of hydrogen-bond donors (Lipinski definition) is 0. The molecule has 1 aliphatic rings. The molecule has 0 amide bonds. The summed E-state index contributed by atoms with van der Waals surface area (Å²) in [6, 6.07) is 0. The van der Waals surface area contributed by atoms with Crippen molar-refractivity contribution in [2.75, 3.05) is 39.3 Å². The van der Waals surface area contributed by atoms with Crippen molar-refractivity contribution in [1.29, 1.82) is 0 Å². The van der Waals surface area contributed by atoms with Crippen LogP contribution < -0.4 is 0 Å². The maximum absolute atomic E-state index is 5.36. The number of hydroxylamine groups is 2. The van der Waals surface area contributed by atoms with E-state index in [-0.39, 0.29) is 0 Å². The third kappa shape index (κ3) is 2.77. The lowest BCUT2D eigenvalue weighted by molar-refractivity contribution is -0.171. The van der Waals surface area contributed by atoms with E-state index in [1.165, 1.54) is 0 Å². The first-order valence-corrected chi connectivity index (χ1v) is 4.26. The third-order valence-corrected chi connectivity index (χ3v) is 1.96. The maximum atomic E-state index is 5.36. The van der Waals surface area contributed by atoms with Gasteiger partial charge in [-0.25, -0.2) is 0 Å². The van der Waals surface area contributed by atoms with Crippen molar-refractivity contribution >= 4 is 0 Å². The van der Waals surface area contributed by atoms with Crippen LogP contribution in [-0.2, 0) is 4.84 Å². The number of rotatable bonds is 3. The summed E-state index contributed by atoms with van der Waals surface area (Å²) in [4.78, 5) is 7.69. The lowest BCUT2D eigenvalue weighted by atomic mass is 10.4. The molecular formula is C8H17N2O. The zero-order chi connectivity index (χ0) is 8.10. The molecule has 1 aliphatic heterocycles. The predicted molar refractivity (Wildman–Crippen MR) is 45.0 cm³/mol. The fourth-order valence-corrected chi connectivity index (χ4v) is 1.26. The Bertz CT molecular complexity index is 100. The molecule has 0 unspecified atom stereocenters. The van der Waals surface area contributed by atoms with Crippen LogP contribution in [0.15, 0.2) is 0 Å². The minimum atomic E-state index is 0.782. The van der Waals surface area contributed by atoms with Crippen molar-refractivity contribution in [3.05, 3.63) is 6.92 Å². The molecule has 1 radical (unpaired) electrons. The van der Waals surface area contributed by atoms with Gasteiger partial charge >= 0.3 is 0 Å². The Labute approximate surface area is 68.9 Å². The number of hydrogen-bond acceptors (Lipinski definition) is 3. The van der Waals surface area contributed by atoms with Crippen LogP contribution in [0.5, 0.6) is 0 Å². The van der Waals surface area contributed by atoms with Crippen molar-refractivity contribution in [2.24, 2.45) is 0 Å². The van der Waals surface area contributed by atoms with Gasteiger partial charge in [-0.3, -0.25) is 4.84 Å². The van der Waals surface area contributed by atoms with Crippen LogP contribution in [0.25, 0.3) is 0 Å². The van der Waals surface area contributed by atoms with Gasteiger partial charge in [-0.1, -0.05) is 0 Å². The summed E-state index contributed by atoms with van der Waals surface area (Å²) in [5.41, 5.74) is 0. The summed E-state index contributed by atoms with van der Waals surface area (Å²) in [7, 11) is 0. The van der Waals surface area contributed by atoms with E-state index >= 15 is 0 Å². The molecule has 65 valence electrons. The first-order chi connectivity index (χ1) is 5.36. The summed E-state index contributed by atoms with van der Waals surface area (Å²) in [6.07, 6.45) is 0. The second-order valence-corrected chi connectivity index (χ2v) is 2.69. The smallest absolute Gasteiger partial charge is 0.0656 e. The van der Waals surface area contributed by atoms with Gasteiger partial charge in [-0.2, -0.15) is 5.06 Å². The third-order valence-electron chi connectivity index (χ3n) is 1.96. The predicted octanol–water partition coefficient (Wildman–Crippen LogP) is 0.390. The van der Waals surface area contributed by atoms with Gasteiger partial charge < -0.3 is 4.90 Å². The SMILES string of the molecule is [CH2]CN1CCN(OCC)CC1. The minimum absolute atomic E-state index is 0.782. The fraction of sp³-hybridized carbons (Fsp3) is 0.875. The molecule has 0 aliphatic carbocycles. The van der Waals surface area contributed by atoms with Gasteiger partial charge in [0.05, 0.1) is 6.61 Å². The van der Waals surface area contributed by atoms with Crippen LogP contribution in [0.1, 0.15) is 6.92 Å².